The molecule has 0 aromatic heterocycles. The van der Waals surface area contributed by atoms with Crippen LogP contribution in [0.25, 0.3) is 0 Å². The van der Waals surface area contributed by atoms with Crippen molar-refractivity contribution in [1.29, 1.82) is 0 Å². The number of hydrogen-bond donors (Lipinski definition) is 0. The summed E-state index contributed by atoms with van der Waals surface area (Å²) in [7, 11) is 0. The van der Waals surface area contributed by atoms with Crippen molar-refractivity contribution < 1.29 is 9.18 Å². The standard InChI is InChI=1S/C17H16BrFOS/c1-11(2)21-10-12-3-8-15(16(18)9-12)17(20)13-4-6-14(19)7-5-13/h3-9,11H,10H2,1-2H3. The molecule has 2 rings (SSSR count). The van der Waals surface area contributed by atoms with Crippen LogP contribution in [0.15, 0.2) is 46.9 Å². The van der Waals surface area contributed by atoms with Gasteiger partial charge in [-0.25, -0.2) is 4.39 Å². The van der Waals surface area contributed by atoms with E-state index in [-0.39, 0.29) is 11.6 Å². The second-order valence-corrected chi connectivity index (χ2v) is 7.43. The molecule has 0 atom stereocenters. The first-order valence-corrected chi connectivity index (χ1v) is 8.52. The molecule has 0 N–H and O–H groups in total. The summed E-state index contributed by atoms with van der Waals surface area (Å²) in [5, 5.41) is 0.573. The first-order valence-electron chi connectivity index (χ1n) is 6.67. The zero-order chi connectivity index (χ0) is 15.4. The van der Waals surface area contributed by atoms with Crippen molar-refractivity contribution in [3.8, 4) is 0 Å². The number of rotatable bonds is 5. The third kappa shape index (κ3) is 4.42. The van der Waals surface area contributed by atoms with E-state index in [4.69, 9.17) is 0 Å². The van der Waals surface area contributed by atoms with Gasteiger partial charge in [-0.3, -0.25) is 4.79 Å². The number of carbonyl (C=O) groups excluding carboxylic acids is 1. The summed E-state index contributed by atoms with van der Waals surface area (Å²) in [4.78, 5) is 12.4. The van der Waals surface area contributed by atoms with Gasteiger partial charge in [-0.15, -0.1) is 0 Å². The SMILES string of the molecule is CC(C)SCc1ccc(C(=O)c2ccc(F)cc2)c(Br)c1. The van der Waals surface area contributed by atoms with Gasteiger partial charge in [0, 0.05) is 21.4 Å². The maximum atomic E-state index is 12.9. The molecule has 0 radical (unpaired) electrons. The molecule has 4 heteroatoms. The topological polar surface area (TPSA) is 17.1 Å². The van der Waals surface area contributed by atoms with Crippen molar-refractivity contribution in [2.24, 2.45) is 0 Å². The summed E-state index contributed by atoms with van der Waals surface area (Å²) in [6.07, 6.45) is 0. The summed E-state index contributed by atoms with van der Waals surface area (Å²) in [6, 6.07) is 11.4. The fraction of sp³-hybridized carbons (Fsp3) is 0.235. The quantitative estimate of drug-likeness (QED) is 0.653. The van der Waals surface area contributed by atoms with Crippen LogP contribution in [-0.2, 0) is 5.75 Å². The van der Waals surface area contributed by atoms with E-state index in [1.165, 1.54) is 29.8 Å². The molecule has 0 saturated carbocycles. The summed E-state index contributed by atoms with van der Waals surface area (Å²) >= 11 is 5.32. The minimum atomic E-state index is -0.341. The zero-order valence-corrected chi connectivity index (χ0v) is 14.3. The smallest absolute Gasteiger partial charge is 0.194 e. The van der Waals surface area contributed by atoms with E-state index < -0.39 is 0 Å². The maximum absolute atomic E-state index is 12.9. The largest absolute Gasteiger partial charge is 0.289 e. The van der Waals surface area contributed by atoms with E-state index >= 15 is 0 Å². The van der Waals surface area contributed by atoms with Crippen molar-refractivity contribution in [2.75, 3.05) is 0 Å². The lowest BCUT2D eigenvalue weighted by atomic mass is 10.0. The van der Waals surface area contributed by atoms with Crippen LogP contribution in [0.2, 0.25) is 0 Å². The molecule has 2 aromatic rings. The molecule has 0 saturated heterocycles. The summed E-state index contributed by atoms with van der Waals surface area (Å²) in [5.41, 5.74) is 2.26. The minimum absolute atomic E-state index is 0.107. The van der Waals surface area contributed by atoms with Crippen LogP contribution in [0.4, 0.5) is 4.39 Å². The Morgan fingerprint density at radius 3 is 2.43 bits per heavy atom. The highest BCUT2D eigenvalue weighted by molar-refractivity contribution is 9.10. The van der Waals surface area contributed by atoms with Crippen molar-refractivity contribution in [1.82, 2.24) is 0 Å². The summed E-state index contributed by atoms with van der Waals surface area (Å²) in [6.45, 7) is 4.32. The highest BCUT2D eigenvalue weighted by Crippen LogP contribution is 2.25. The molecule has 2 aromatic carbocycles. The number of thioether (sulfide) groups is 1. The number of benzene rings is 2. The predicted molar refractivity (Wildman–Crippen MR) is 90.4 cm³/mol. The molecular formula is C17H16BrFOS. The highest BCUT2D eigenvalue weighted by atomic mass is 79.9. The van der Waals surface area contributed by atoms with Gasteiger partial charge in [-0.05, 0) is 47.2 Å². The highest BCUT2D eigenvalue weighted by Gasteiger charge is 2.13. The molecular weight excluding hydrogens is 351 g/mol. The van der Waals surface area contributed by atoms with E-state index in [1.807, 2.05) is 30.0 Å². The third-order valence-electron chi connectivity index (χ3n) is 2.97. The Hall–Kier alpha value is -1.13. The second-order valence-electron chi connectivity index (χ2n) is 5.01. The van der Waals surface area contributed by atoms with Crippen LogP contribution in [0.3, 0.4) is 0 Å². The monoisotopic (exact) mass is 366 g/mol. The van der Waals surface area contributed by atoms with Crippen LogP contribution < -0.4 is 0 Å². The molecule has 0 heterocycles. The zero-order valence-electron chi connectivity index (χ0n) is 11.9. The summed E-state index contributed by atoms with van der Waals surface area (Å²) < 4.78 is 13.7. The van der Waals surface area contributed by atoms with Crippen LogP contribution in [0.5, 0.6) is 0 Å². The van der Waals surface area contributed by atoms with Crippen molar-refractivity contribution in [3.63, 3.8) is 0 Å². The summed E-state index contributed by atoms with van der Waals surface area (Å²) in [5.74, 6) is 0.470. The average Bonchev–Trinajstić information content (AvgIpc) is 2.45. The van der Waals surface area contributed by atoms with Crippen LogP contribution in [0.1, 0.15) is 35.3 Å². The van der Waals surface area contributed by atoms with Crippen molar-refractivity contribution >= 4 is 33.5 Å². The third-order valence-corrected chi connectivity index (χ3v) is 4.79. The van der Waals surface area contributed by atoms with Gasteiger partial charge in [0.15, 0.2) is 5.78 Å². The Bertz CT molecular complexity index is 638. The van der Waals surface area contributed by atoms with E-state index in [1.54, 1.807) is 0 Å². The first-order chi connectivity index (χ1) is 9.97. The van der Waals surface area contributed by atoms with E-state index in [2.05, 4.69) is 29.8 Å². The fourth-order valence-electron chi connectivity index (χ4n) is 1.85. The van der Waals surface area contributed by atoms with E-state index in [0.717, 1.165) is 10.2 Å². The maximum Gasteiger partial charge on any atom is 0.194 e. The predicted octanol–water partition coefficient (Wildman–Crippen LogP) is 5.46. The number of halogens is 2. The Morgan fingerprint density at radius 1 is 1.19 bits per heavy atom. The van der Waals surface area contributed by atoms with Gasteiger partial charge in [0.2, 0.25) is 0 Å². The number of ketones is 1. The lowest BCUT2D eigenvalue weighted by molar-refractivity contribution is 0.103. The van der Waals surface area contributed by atoms with Gasteiger partial charge in [0.1, 0.15) is 5.82 Å². The Morgan fingerprint density at radius 2 is 1.86 bits per heavy atom. The second kappa shape index (κ2) is 7.23. The van der Waals surface area contributed by atoms with Gasteiger partial charge < -0.3 is 0 Å². The molecule has 0 spiro atoms. The number of hydrogen-bond acceptors (Lipinski definition) is 2. The average molecular weight is 367 g/mol. The molecule has 0 aliphatic rings. The molecule has 1 nitrogen and oxygen atoms in total. The Kier molecular flexibility index (Phi) is 5.59. The molecule has 0 unspecified atom stereocenters. The normalized spacial score (nSPS) is 10.9. The van der Waals surface area contributed by atoms with Crippen molar-refractivity contribution in [3.05, 3.63) is 69.4 Å². The fourth-order valence-corrected chi connectivity index (χ4v) is 3.16. The van der Waals surface area contributed by atoms with E-state index in [0.29, 0.717) is 16.4 Å². The van der Waals surface area contributed by atoms with E-state index in [9.17, 15) is 9.18 Å². The first kappa shape index (κ1) is 16.2. The van der Waals surface area contributed by atoms with Crippen LogP contribution >= 0.6 is 27.7 Å². The number of carbonyl (C=O) groups is 1. The van der Waals surface area contributed by atoms with Gasteiger partial charge in [-0.1, -0.05) is 35.8 Å². The van der Waals surface area contributed by atoms with Gasteiger partial charge in [0.05, 0.1) is 0 Å². The van der Waals surface area contributed by atoms with Gasteiger partial charge in [-0.2, -0.15) is 11.8 Å². The lowest BCUT2D eigenvalue weighted by Gasteiger charge is -2.08. The Labute approximate surface area is 137 Å². The molecule has 21 heavy (non-hydrogen) atoms. The molecule has 0 amide bonds. The van der Waals surface area contributed by atoms with Crippen LogP contribution in [-0.4, -0.2) is 11.0 Å². The Balaban J connectivity index is 2.20. The van der Waals surface area contributed by atoms with Crippen molar-refractivity contribution in [2.45, 2.75) is 24.9 Å². The van der Waals surface area contributed by atoms with Gasteiger partial charge in [0.25, 0.3) is 0 Å². The molecule has 0 bridgehead atoms. The molecule has 0 aliphatic heterocycles. The lowest BCUT2D eigenvalue weighted by Crippen LogP contribution is -2.03. The molecule has 0 aliphatic carbocycles. The minimum Gasteiger partial charge on any atom is -0.289 e. The molecule has 110 valence electrons. The van der Waals surface area contributed by atoms with Gasteiger partial charge >= 0.3 is 0 Å². The van der Waals surface area contributed by atoms with Crippen LogP contribution in [0, 0.1) is 5.82 Å². The molecule has 0 fully saturated rings.